The SMILES string of the molecule is c1ccc(-n2cnc3c4cccnc4c4ncccc4c32)cc1. The van der Waals surface area contributed by atoms with Gasteiger partial charge < -0.3 is 0 Å². The standard InChI is InChI=1S/C19H12N4/c1-2-6-13(7-3-1)23-12-22-18-14-8-4-10-20-16(14)17-15(19(18)23)9-5-11-21-17/h1-12H. The maximum absolute atomic E-state index is 4.67. The molecule has 0 spiro atoms. The normalized spacial score (nSPS) is 11.5. The smallest absolute Gasteiger partial charge is 0.100 e. The molecule has 0 fully saturated rings. The van der Waals surface area contributed by atoms with Gasteiger partial charge in [-0.05, 0) is 36.4 Å². The Morgan fingerprint density at radius 1 is 0.609 bits per heavy atom. The summed E-state index contributed by atoms with van der Waals surface area (Å²) < 4.78 is 2.12. The van der Waals surface area contributed by atoms with Crippen molar-refractivity contribution in [1.29, 1.82) is 0 Å². The first-order valence-corrected chi connectivity index (χ1v) is 7.47. The summed E-state index contributed by atoms with van der Waals surface area (Å²) in [6, 6.07) is 18.3. The van der Waals surface area contributed by atoms with Crippen molar-refractivity contribution in [3.63, 3.8) is 0 Å². The van der Waals surface area contributed by atoms with Crippen molar-refractivity contribution in [2.45, 2.75) is 0 Å². The topological polar surface area (TPSA) is 43.6 Å². The molecule has 0 aliphatic rings. The zero-order valence-corrected chi connectivity index (χ0v) is 12.2. The van der Waals surface area contributed by atoms with Crippen molar-refractivity contribution < 1.29 is 0 Å². The molecule has 4 heteroatoms. The predicted molar refractivity (Wildman–Crippen MR) is 91.7 cm³/mol. The van der Waals surface area contributed by atoms with E-state index in [1.165, 1.54) is 0 Å². The average molecular weight is 296 g/mol. The van der Waals surface area contributed by atoms with Crippen LogP contribution in [0.3, 0.4) is 0 Å². The molecule has 0 aliphatic heterocycles. The van der Waals surface area contributed by atoms with E-state index in [-0.39, 0.29) is 0 Å². The van der Waals surface area contributed by atoms with E-state index in [1.54, 1.807) is 6.20 Å². The highest BCUT2D eigenvalue weighted by Crippen LogP contribution is 2.33. The van der Waals surface area contributed by atoms with Crippen molar-refractivity contribution in [1.82, 2.24) is 19.5 Å². The summed E-state index contributed by atoms with van der Waals surface area (Å²) >= 11 is 0. The number of fused-ring (bicyclic) bond motifs is 6. The first-order valence-electron chi connectivity index (χ1n) is 7.47. The number of hydrogen-bond acceptors (Lipinski definition) is 3. The Bertz CT molecular complexity index is 1160. The summed E-state index contributed by atoms with van der Waals surface area (Å²) in [5.74, 6) is 0. The Hall–Kier alpha value is -3.27. The van der Waals surface area contributed by atoms with Gasteiger partial charge in [-0.3, -0.25) is 14.5 Å². The molecule has 2 aromatic carbocycles. The van der Waals surface area contributed by atoms with Crippen molar-refractivity contribution in [3.8, 4) is 5.69 Å². The van der Waals surface area contributed by atoms with Crippen LogP contribution in [0.1, 0.15) is 0 Å². The molecule has 0 saturated carbocycles. The Labute approximate surface area is 132 Å². The summed E-state index contributed by atoms with van der Waals surface area (Å²) in [5.41, 5.74) is 4.92. The second-order valence-corrected chi connectivity index (χ2v) is 5.45. The van der Waals surface area contributed by atoms with Crippen LogP contribution in [0.5, 0.6) is 0 Å². The summed E-state index contributed by atoms with van der Waals surface area (Å²) in [4.78, 5) is 13.8. The maximum atomic E-state index is 4.67. The lowest BCUT2D eigenvalue weighted by Crippen LogP contribution is -1.94. The molecule has 0 bridgehead atoms. The maximum Gasteiger partial charge on any atom is 0.100 e. The molecule has 0 unspecified atom stereocenters. The second kappa shape index (κ2) is 4.61. The van der Waals surface area contributed by atoms with Crippen LogP contribution in [0.4, 0.5) is 0 Å². The number of hydrogen-bond donors (Lipinski definition) is 0. The molecule has 0 saturated heterocycles. The molecule has 0 atom stereocenters. The number of para-hydroxylation sites is 1. The van der Waals surface area contributed by atoms with Gasteiger partial charge in [-0.25, -0.2) is 4.98 Å². The number of nitrogens with zero attached hydrogens (tertiary/aromatic N) is 4. The zero-order chi connectivity index (χ0) is 15.2. The van der Waals surface area contributed by atoms with Gasteiger partial charge in [0.15, 0.2) is 0 Å². The van der Waals surface area contributed by atoms with Gasteiger partial charge in [-0.1, -0.05) is 18.2 Å². The second-order valence-electron chi connectivity index (χ2n) is 5.45. The predicted octanol–water partition coefficient (Wildman–Crippen LogP) is 4.12. The minimum Gasteiger partial charge on any atom is -0.298 e. The highest BCUT2D eigenvalue weighted by molar-refractivity contribution is 6.20. The van der Waals surface area contributed by atoms with E-state index in [0.717, 1.165) is 38.5 Å². The van der Waals surface area contributed by atoms with E-state index in [4.69, 9.17) is 0 Å². The van der Waals surface area contributed by atoms with E-state index in [0.29, 0.717) is 0 Å². The van der Waals surface area contributed by atoms with E-state index in [2.05, 4.69) is 43.8 Å². The van der Waals surface area contributed by atoms with Crippen LogP contribution in [0.25, 0.3) is 38.5 Å². The number of aromatic nitrogens is 4. The first kappa shape index (κ1) is 12.3. The quantitative estimate of drug-likeness (QED) is 0.437. The van der Waals surface area contributed by atoms with Gasteiger partial charge in [0.25, 0.3) is 0 Å². The number of pyridine rings is 2. The number of benzene rings is 2. The Kier molecular flexibility index (Phi) is 2.46. The molecule has 0 radical (unpaired) electrons. The van der Waals surface area contributed by atoms with Gasteiger partial charge in [-0.2, -0.15) is 0 Å². The van der Waals surface area contributed by atoms with Crippen LogP contribution in [-0.2, 0) is 0 Å². The number of rotatable bonds is 1. The monoisotopic (exact) mass is 296 g/mol. The summed E-state index contributed by atoms with van der Waals surface area (Å²) in [7, 11) is 0. The molecule has 3 aromatic heterocycles. The summed E-state index contributed by atoms with van der Waals surface area (Å²) in [6.07, 6.45) is 5.49. The fourth-order valence-corrected chi connectivity index (χ4v) is 3.16. The molecule has 0 N–H and O–H groups in total. The molecule has 5 aromatic rings. The molecule has 0 amide bonds. The fourth-order valence-electron chi connectivity index (χ4n) is 3.16. The Balaban J connectivity index is 2.06. The molecule has 108 valence electrons. The van der Waals surface area contributed by atoms with Crippen LogP contribution in [0.2, 0.25) is 0 Å². The van der Waals surface area contributed by atoms with Gasteiger partial charge in [0.2, 0.25) is 0 Å². The highest BCUT2D eigenvalue weighted by Gasteiger charge is 2.15. The molecular weight excluding hydrogens is 284 g/mol. The molecule has 0 aliphatic carbocycles. The van der Waals surface area contributed by atoms with Gasteiger partial charge >= 0.3 is 0 Å². The minimum atomic E-state index is 0.897. The van der Waals surface area contributed by atoms with Crippen molar-refractivity contribution in [2.75, 3.05) is 0 Å². The van der Waals surface area contributed by atoms with Crippen LogP contribution < -0.4 is 0 Å². The van der Waals surface area contributed by atoms with Crippen molar-refractivity contribution >= 4 is 32.8 Å². The molecule has 4 nitrogen and oxygen atoms in total. The molecule has 3 heterocycles. The minimum absolute atomic E-state index is 0.897. The molecule has 5 rings (SSSR count). The number of imidazole rings is 1. The summed E-state index contributed by atoms with van der Waals surface area (Å²) in [5, 5.41) is 2.10. The average Bonchev–Trinajstić information content (AvgIpc) is 3.08. The van der Waals surface area contributed by atoms with Gasteiger partial charge in [-0.15, -0.1) is 0 Å². The van der Waals surface area contributed by atoms with E-state index in [1.807, 2.05) is 42.9 Å². The Morgan fingerprint density at radius 3 is 2.09 bits per heavy atom. The molecular formula is C19H12N4. The van der Waals surface area contributed by atoms with Crippen LogP contribution in [0.15, 0.2) is 73.3 Å². The van der Waals surface area contributed by atoms with Crippen LogP contribution in [0, 0.1) is 0 Å². The third kappa shape index (κ3) is 1.69. The lowest BCUT2D eigenvalue weighted by molar-refractivity contribution is 1.10. The fraction of sp³-hybridized carbons (Fsp3) is 0. The van der Waals surface area contributed by atoms with Crippen LogP contribution >= 0.6 is 0 Å². The summed E-state index contributed by atoms with van der Waals surface area (Å²) in [6.45, 7) is 0. The third-order valence-electron chi connectivity index (χ3n) is 4.15. The van der Waals surface area contributed by atoms with Gasteiger partial charge in [0, 0.05) is 28.9 Å². The lowest BCUT2D eigenvalue weighted by Gasteiger charge is -2.08. The van der Waals surface area contributed by atoms with E-state index < -0.39 is 0 Å². The van der Waals surface area contributed by atoms with Crippen molar-refractivity contribution in [3.05, 3.63) is 73.3 Å². The zero-order valence-electron chi connectivity index (χ0n) is 12.2. The Morgan fingerprint density at radius 2 is 1.30 bits per heavy atom. The van der Waals surface area contributed by atoms with Crippen molar-refractivity contribution in [2.24, 2.45) is 0 Å². The molecule has 23 heavy (non-hydrogen) atoms. The van der Waals surface area contributed by atoms with E-state index >= 15 is 0 Å². The van der Waals surface area contributed by atoms with Gasteiger partial charge in [0.05, 0.1) is 22.1 Å². The van der Waals surface area contributed by atoms with E-state index in [9.17, 15) is 0 Å². The lowest BCUT2D eigenvalue weighted by atomic mass is 10.1. The largest absolute Gasteiger partial charge is 0.298 e. The van der Waals surface area contributed by atoms with Gasteiger partial charge in [0.1, 0.15) is 6.33 Å². The van der Waals surface area contributed by atoms with Crippen LogP contribution in [-0.4, -0.2) is 19.5 Å². The first-order chi connectivity index (χ1) is 11.4. The third-order valence-corrected chi connectivity index (χ3v) is 4.15. The highest BCUT2D eigenvalue weighted by atomic mass is 15.1.